The molecule has 1 aliphatic carbocycles. The summed E-state index contributed by atoms with van der Waals surface area (Å²) in [5, 5.41) is 3.50. The Bertz CT molecular complexity index is 737. The molecular formula is C26H41N3O. The summed E-state index contributed by atoms with van der Waals surface area (Å²) in [5.41, 5.74) is 6.27. The maximum atomic E-state index is 5.58. The Balaban J connectivity index is 1.61. The van der Waals surface area contributed by atoms with Gasteiger partial charge in [-0.3, -0.25) is 0 Å². The molecule has 0 saturated carbocycles. The third-order valence-corrected chi connectivity index (χ3v) is 7.56. The molecule has 0 aromatic heterocycles. The lowest BCUT2D eigenvalue weighted by atomic mass is 9.72. The van der Waals surface area contributed by atoms with Crippen LogP contribution in [0.4, 0.5) is 11.4 Å². The van der Waals surface area contributed by atoms with Crippen LogP contribution in [0.25, 0.3) is 5.57 Å². The summed E-state index contributed by atoms with van der Waals surface area (Å²) in [6.45, 7) is 13.7. The minimum Gasteiger partial charge on any atom is -0.381 e. The fourth-order valence-corrected chi connectivity index (χ4v) is 5.37. The van der Waals surface area contributed by atoms with Gasteiger partial charge in [0.15, 0.2) is 0 Å². The standard InChI is InChI=1S/C26H41N3O/c1-26(2,3)21-7-5-20(6-8-21)24-19-22(28-15-11-23(30-4)12-16-28)9-10-25(24)29-17-13-27-14-18-29/h5,9-10,19,21,23,27H,6-8,11-18H2,1-4H3. The molecule has 30 heavy (non-hydrogen) atoms. The van der Waals surface area contributed by atoms with Gasteiger partial charge in [-0.15, -0.1) is 0 Å². The number of methoxy groups -OCH3 is 1. The molecule has 0 bridgehead atoms. The second-order valence-corrected chi connectivity index (χ2v) is 10.4. The zero-order chi connectivity index (χ0) is 21.1. The summed E-state index contributed by atoms with van der Waals surface area (Å²) >= 11 is 0. The van der Waals surface area contributed by atoms with E-state index in [0.29, 0.717) is 11.5 Å². The van der Waals surface area contributed by atoms with E-state index in [1.165, 1.54) is 36.2 Å². The minimum atomic E-state index is 0.400. The fraction of sp³-hybridized carbons (Fsp3) is 0.692. The van der Waals surface area contributed by atoms with Crippen LogP contribution in [0, 0.1) is 11.3 Å². The number of piperidine rings is 1. The summed E-state index contributed by atoms with van der Waals surface area (Å²) in [4.78, 5) is 5.14. The Labute approximate surface area is 183 Å². The molecule has 0 amide bonds. The topological polar surface area (TPSA) is 27.7 Å². The quantitative estimate of drug-likeness (QED) is 0.759. The van der Waals surface area contributed by atoms with Crippen molar-refractivity contribution in [1.82, 2.24) is 5.32 Å². The first-order chi connectivity index (χ1) is 14.5. The normalized spacial score (nSPS) is 24.1. The van der Waals surface area contributed by atoms with Gasteiger partial charge in [-0.1, -0.05) is 26.8 Å². The van der Waals surface area contributed by atoms with Crippen LogP contribution in [0.15, 0.2) is 24.3 Å². The van der Waals surface area contributed by atoms with Crippen LogP contribution in [0.1, 0.15) is 58.4 Å². The van der Waals surface area contributed by atoms with Gasteiger partial charge in [-0.25, -0.2) is 0 Å². The molecule has 1 N–H and O–H groups in total. The lowest BCUT2D eigenvalue weighted by Crippen LogP contribution is -2.44. The first-order valence-electron chi connectivity index (χ1n) is 12.0. The molecule has 4 heteroatoms. The maximum absolute atomic E-state index is 5.58. The SMILES string of the molecule is COC1CCN(c2ccc(N3CCNCC3)c(C3=CCC(C(C)(C)C)CC3)c2)CC1. The van der Waals surface area contributed by atoms with Crippen molar-refractivity contribution in [1.29, 1.82) is 0 Å². The first-order valence-corrected chi connectivity index (χ1v) is 12.0. The van der Waals surface area contributed by atoms with Crippen molar-refractivity contribution >= 4 is 16.9 Å². The van der Waals surface area contributed by atoms with Gasteiger partial charge in [-0.05, 0) is 67.2 Å². The third kappa shape index (κ3) is 4.86. The number of piperazine rings is 1. The molecule has 1 aromatic rings. The number of benzene rings is 1. The highest BCUT2D eigenvalue weighted by molar-refractivity contribution is 5.80. The predicted molar refractivity (Wildman–Crippen MR) is 129 cm³/mol. The van der Waals surface area contributed by atoms with Gasteiger partial charge in [0.05, 0.1) is 6.10 Å². The van der Waals surface area contributed by atoms with Gasteiger partial charge in [0, 0.05) is 63.3 Å². The van der Waals surface area contributed by atoms with Crippen LogP contribution in [-0.2, 0) is 4.74 Å². The van der Waals surface area contributed by atoms with E-state index in [2.05, 4.69) is 60.2 Å². The molecule has 2 saturated heterocycles. The summed E-state index contributed by atoms with van der Waals surface area (Å²) in [6.07, 6.45) is 8.96. The molecule has 1 aromatic carbocycles. The van der Waals surface area contributed by atoms with Crippen LogP contribution < -0.4 is 15.1 Å². The Morgan fingerprint density at radius 2 is 1.70 bits per heavy atom. The van der Waals surface area contributed by atoms with E-state index in [4.69, 9.17) is 4.74 Å². The number of nitrogens with one attached hydrogen (secondary N) is 1. The van der Waals surface area contributed by atoms with Gasteiger partial charge in [0.25, 0.3) is 0 Å². The molecule has 4 rings (SSSR count). The van der Waals surface area contributed by atoms with Crippen molar-refractivity contribution in [2.45, 2.75) is 59.0 Å². The highest BCUT2D eigenvalue weighted by Crippen LogP contribution is 2.42. The molecule has 2 aliphatic heterocycles. The van der Waals surface area contributed by atoms with Crippen LogP contribution >= 0.6 is 0 Å². The molecule has 3 aliphatic rings. The van der Waals surface area contributed by atoms with Crippen molar-refractivity contribution in [2.75, 3.05) is 56.2 Å². The van der Waals surface area contributed by atoms with Crippen LogP contribution in [0.2, 0.25) is 0 Å². The van der Waals surface area contributed by atoms with Crippen LogP contribution in [0.5, 0.6) is 0 Å². The van der Waals surface area contributed by atoms with E-state index in [1.54, 1.807) is 5.57 Å². The number of rotatable bonds is 4. The monoisotopic (exact) mass is 411 g/mol. The van der Waals surface area contributed by atoms with E-state index in [9.17, 15) is 0 Å². The number of allylic oxidation sites excluding steroid dienone is 2. The number of ether oxygens (including phenoxy) is 1. The van der Waals surface area contributed by atoms with Crippen molar-refractivity contribution in [3.8, 4) is 0 Å². The highest BCUT2D eigenvalue weighted by Gasteiger charge is 2.28. The van der Waals surface area contributed by atoms with Crippen LogP contribution in [-0.4, -0.2) is 52.5 Å². The lowest BCUT2D eigenvalue weighted by molar-refractivity contribution is 0.0819. The largest absolute Gasteiger partial charge is 0.381 e. The molecule has 1 unspecified atom stereocenters. The summed E-state index contributed by atoms with van der Waals surface area (Å²) < 4.78 is 5.58. The maximum Gasteiger partial charge on any atom is 0.0605 e. The summed E-state index contributed by atoms with van der Waals surface area (Å²) in [7, 11) is 1.85. The van der Waals surface area contributed by atoms with Gasteiger partial charge in [-0.2, -0.15) is 0 Å². The van der Waals surface area contributed by atoms with E-state index < -0.39 is 0 Å². The Hall–Kier alpha value is -1.52. The number of hydrogen-bond acceptors (Lipinski definition) is 4. The fourth-order valence-electron chi connectivity index (χ4n) is 5.37. The summed E-state index contributed by atoms with van der Waals surface area (Å²) in [5.74, 6) is 0.792. The highest BCUT2D eigenvalue weighted by atomic mass is 16.5. The molecule has 4 nitrogen and oxygen atoms in total. The molecule has 2 heterocycles. The van der Waals surface area contributed by atoms with E-state index in [1.807, 2.05) is 7.11 Å². The molecular weight excluding hydrogens is 370 g/mol. The number of hydrogen-bond donors (Lipinski definition) is 1. The second-order valence-electron chi connectivity index (χ2n) is 10.4. The molecule has 0 spiro atoms. The Morgan fingerprint density at radius 3 is 2.30 bits per heavy atom. The predicted octanol–water partition coefficient (Wildman–Crippen LogP) is 4.94. The van der Waals surface area contributed by atoms with E-state index in [0.717, 1.165) is 58.0 Å². The van der Waals surface area contributed by atoms with Crippen LogP contribution in [0.3, 0.4) is 0 Å². The van der Waals surface area contributed by atoms with Gasteiger partial charge in [0.1, 0.15) is 0 Å². The third-order valence-electron chi connectivity index (χ3n) is 7.56. The van der Waals surface area contributed by atoms with Gasteiger partial charge >= 0.3 is 0 Å². The van der Waals surface area contributed by atoms with Crippen molar-refractivity contribution < 1.29 is 4.74 Å². The zero-order valence-electron chi connectivity index (χ0n) is 19.5. The lowest BCUT2D eigenvalue weighted by Gasteiger charge is -2.37. The molecule has 2 fully saturated rings. The average Bonchev–Trinajstić information content (AvgIpc) is 2.79. The van der Waals surface area contributed by atoms with Gasteiger partial charge < -0.3 is 19.9 Å². The van der Waals surface area contributed by atoms with Crippen molar-refractivity contribution in [2.24, 2.45) is 11.3 Å². The van der Waals surface area contributed by atoms with Gasteiger partial charge in [0.2, 0.25) is 0 Å². The van der Waals surface area contributed by atoms with Crippen molar-refractivity contribution in [3.05, 3.63) is 29.8 Å². The first kappa shape index (κ1) is 21.7. The average molecular weight is 412 g/mol. The molecule has 166 valence electrons. The zero-order valence-corrected chi connectivity index (χ0v) is 19.5. The Morgan fingerprint density at radius 1 is 0.967 bits per heavy atom. The Kier molecular flexibility index (Phi) is 6.74. The molecule has 1 atom stereocenters. The smallest absolute Gasteiger partial charge is 0.0605 e. The van der Waals surface area contributed by atoms with Crippen molar-refractivity contribution in [3.63, 3.8) is 0 Å². The second kappa shape index (κ2) is 9.32. The molecule has 0 radical (unpaired) electrons. The summed E-state index contributed by atoms with van der Waals surface area (Å²) in [6, 6.07) is 7.25. The number of nitrogens with zero attached hydrogens (tertiary/aromatic N) is 2. The number of anilines is 2. The minimum absolute atomic E-state index is 0.400. The van der Waals surface area contributed by atoms with E-state index >= 15 is 0 Å². The van der Waals surface area contributed by atoms with E-state index in [-0.39, 0.29) is 0 Å².